The van der Waals surface area contributed by atoms with Crippen LogP contribution in [0, 0.1) is 0 Å². The van der Waals surface area contributed by atoms with Crippen LogP contribution in [0.5, 0.6) is 0 Å². The number of hydrogen-bond donors (Lipinski definition) is 2. The third kappa shape index (κ3) is 2.52. The second-order valence-corrected chi connectivity index (χ2v) is 4.15. The summed E-state index contributed by atoms with van der Waals surface area (Å²) in [6.07, 6.45) is 0.306. The van der Waals surface area contributed by atoms with Crippen LogP contribution in [0.2, 0.25) is 5.02 Å². The van der Waals surface area contributed by atoms with E-state index in [-0.39, 0.29) is 11.8 Å². The van der Waals surface area contributed by atoms with E-state index in [1.54, 1.807) is 12.1 Å². The minimum absolute atomic E-state index is 0.00344. The van der Waals surface area contributed by atoms with E-state index in [0.29, 0.717) is 18.0 Å². The smallest absolute Gasteiger partial charge is 0.321 e. The van der Waals surface area contributed by atoms with Crippen molar-refractivity contribution in [2.75, 3.05) is 6.54 Å². The third-order valence-corrected chi connectivity index (χ3v) is 2.79. The molecule has 1 unspecified atom stereocenters. The summed E-state index contributed by atoms with van der Waals surface area (Å²) in [5, 5.41) is 5.53. The van der Waals surface area contributed by atoms with E-state index in [1.165, 1.54) is 0 Å². The molecule has 1 fully saturated rings. The number of nitrogens with one attached hydrogen (secondary N) is 2. The van der Waals surface area contributed by atoms with Crippen LogP contribution in [-0.2, 0) is 4.79 Å². The van der Waals surface area contributed by atoms with Gasteiger partial charge in [0.05, 0.1) is 0 Å². The van der Waals surface area contributed by atoms with Crippen molar-refractivity contribution >= 4 is 23.5 Å². The number of carbonyl (C=O) groups is 2. The van der Waals surface area contributed by atoms with Gasteiger partial charge in [-0.1, -0.05) is 23.7 Å². The fourth-order valence-electron chi connectivity index (χ4n) is 1.70. The van der Waals surface area contributed by atoms with E-state index in [4.69, 9.17) is 11.6 Å². The first kappa shape index (κ1) is 11.0. The number of benzene rings is 1. The molecule has 1 saturated heterocycles. The van der Waals surface area contributed by atoms with Crippen LogP contribution in [0.3, 0.4) is 0 Å². The second-order valence-electron chi connectivity index (χ2n) is 3.71. The van der Waals surface area contributed by atoms with Crippen molar-refractivity contribution in [2.45, 2.75) is 12.3 Å². The van der Waals surface area contributed by atoms with Crippen LogP contribution in [0.4, 0.5) is 4.79 Å². The van der Waals surface area contributed by atoms with E-state index < -0.39 is 6.03 Å². The van der Waals surface area contributed by atoms with Crippen molar-refractivity contribution < 1.29 is 9.59 Å². The summed E-state index contributed by atoms with van der Waals surface area (Å²) >= 11 is 5.79. The lowest BCUT2D eigenvalue weighted by Gasteiger charge is -2.12. The van der Waals surface area contributed by atoms with Gasteiger partial charge >= 0.3 is 6.03 Å². The standard InChI is InChI=1S/C11H11ClN2O2/c12-9-3-1-7(2-4-9)8-5-10(15)14-11(16)13-6-8/h1-4,8H,5-6H2,(H2,13,14,15,16). The number of halogens is 1. The molecule has 1 aliphatic rings. The first-order valence-corrected chi connectivity index (χ1v) is 5.36. The van der Waals surface area contributed by atoms with Gasteiger partial charge in [0.1, 0.15) is 0 Å². The molecule has 0 saturated carbocycles. The van der Waals surface area contributed by atoms with Crippen molar-refractivity contribution in [3.05, 3.63) is 34.9 Å². The molecule has 4 nitrogen and oxygen atoms in total. The highest BCUT2D eigenvalue weighted by molar-refractivity contribution is 6.30. The Labute approximate surface area is 98.0 Å². The van der Waals surface area contributed by atoms with Gasteiger partial charge in [0.25, 0.3) is 0 Å². The zero-order valence-corrected chi connectivity index (χ0v) is 9.25. The lowest BCUT2D eigenvalue weighted by Crippen LogP contribution is -2.36. The summed E-state index contributed by atoms with van der Waals surface area (Å²) in [7, 11) is 0. The molecule has 16 heavy (non-hydrogen) atoms. The molecule has 0 aliphatic carbocycles. The molecule has 1 heterocycles. The molecule has 0 spiro atoms. The molecule has 1 aromatic rings. The van der Waals surface area contributed by atoms with Gasteiger partial charge < -0.3 is 5.32 Å². The predicted molar refractivity (Wildman–Crippen MR) is 60.4 cm³/mol. The molecule has 84 valence electrons. The number of carbonyl (C=O) groups excluding carboxylic acids is 2. The number of imide groups is 1. The maximum Gasteiger partial charge on any atom is 0.321 e. The largest absolute Gasteiger partial charge is 0.337 e. The molecule has 1 aliphatic heterocycles. The van der Waals surface area contributed by atoms with Gasteiger partial charge in [-0.15, -0.1) is 0 Å². The maximum atomic E-state index is 11.3. The summed E-state index contributed by atoms with van der Waals surface area (Å²) in [6.45, 7) is 0.458. The summed E-state index contributed by atoms with van der Waals surface area (Å²) in [5.74, 6) is -0.251. The molecule has 0 bridgehead atoms. The zero-order chi connectivity index (χ0) is 11.5. The molecular weight excluding hydrogens is 228 g/mol. The van der Waals surface area contributed by atoms with Gasteiger partial charge in [-0.3, -0.25) is 10.1 Å². The molecule has 0 radical (unpaired) electrons. The molecule has 1 aromatic carbocycles. The molecular formula is C11H11ClN2O2. The molecule has 3 amide bonds. The zero-order valence-electron chi connectivity index (χ0n) is 8.50. The van der Waals surface area contributed by atoms with Gasteiger partial charge in [0.15, 0.2) is 0 Å². The minimum Gasteiger partial charge on any atom is -0.337 e. The summed E-state index contributed by atoms with van der Waals surface area (Å²) in [6, 6.07) is 6.87. The number of hydrogen-bond acceptors (Lipinski definition) is 2. The van der Waals surface area contributed by atoms with Crippen LogP contribution < -0.4 is 10.6 Å². The van der Waals surface area contributed by atoms with E-state index in [9.17, 15) is 9.59 Å². The molecule has 1 atom stereocenters. The molecule has 2 rings (SSSR count). The van der Waals surface area contributed by atoms with Crippen LogP contribution >= 0.6 is 11.6 Å². The maximum absolute atomic E-state index is 11.3. The van der Waals surface area contributed by atoms with Crippen molar-refractivity contribution in [2.24, 2.45) is 0 Å². The lowest BCUT2D eigenvalue weighted by molar-refractivity contribution is -0.120. The fourth-order valence-corrected chi connectivity index (χ4v) is 1.83. The average molecular weight is 239 g/mol. The third-order valence-electron chi connectivity index (χ3n) is 2.54. The lowest BCUT2D eigenvalue weighted by atomic mass is 9.96. The fraction of sp³-hybridized carbons (Fsp3) is 0.273. The minimum atomic E-state index is -0.429. The highest BCUT2D eigenvalue weighted by Crippen LogP contribution is 2.21. The number of amides is 3. The molecule has 0 aromatic heterocycles. The first-order chi connectivity index (χ1) is 7.65. The highest BCUT2D eigenvalue weighted by Gasteiger charge is 2.22. The Morgan fingerprint density at radius 3 is 2.56 bits per heavy atom. The quantitative estimate of drug-likeness (QED) is 0.782. The van der Waals surface area contributed by atoms with Crippen molar-refractivity contribution in [3.63, 3.8) is 0 Å². The van der Waals surface area contributed by atoms with Gasteiger partial charge in [0.2, 0.25) is 5.91 Å². The van der Waals surface area contributed by atoms with Gasteiger partial charge in [-0.2, -0.15) is 0 Å². The first-order valence-electron chi connectivity index (χ1n) is 4.98. The molecule has 2 N–H and O–H groups in total. The van der Waals surface area contributed by atoms with E-state index in [2.05, 4.69) is 10.6 Å². The van der Waals surface area contributed by atoms with Crippen LogP contribution in [-0.4, -0.2) is 18.5 Å². The van der Waals surface area contributed by atoms with Crippen LogP contribution in [0.15, 0.2) is 24.3 Å². The normalized spacial score (nSPS) is 20.9. The monoisotopic (exact) mass is 238 g/mol. The average Bonchev–Trinajstić information content (AvgIpc) is 2.41. The predicted octanol–water partition coefficient (Wildman–Crippen LogP) is 1.65. The number of urea groups is 1. The Morgan fingerprint density at radius 1 is 1.19 bits per heavy atom. The van der Waals surface area contributed by atoms with Gasteiger partial charge in [-0.05, 0) is 17.7 Å². The SMILES string of the molecule is O=C1CC(c2ccc(Cl)cc2)CNC(=O)N1. The van der Waals surface area contributed by atoms with Gasteiger partial charge in [-0.25, -0.2) is 4.79 Å². The van der Waals surface area contributed by atoms with E-state index >= 15 is 0 Å². The number of rotatable bonds is 1. The molecule has 5 heteroatoms. The Bertz CT molecular complexity index is 416. The second kappa shape index (κ2) is 4.53. The Hall–Kier alpha value is -1.55. The summed E-state index contributed by atoms with van der Waals surface area (Å²) in [4.78, 5) is 22.4. The Kier molecular flexibility index (Phi) is 3.10. The van der Waals surface area contributed by atoms with Crippen molar-refractivity contribution in [3.8, 4) is 0 Å². The Morgan fingerprint density at radius 2 is 1.88 bits per heavy atom. The van der Waals surface area contributed by atoms with Crippen LogP contribution in [0.25, 0.3) is 0 Å². The van der Waals surface area contributed by atoms with Gasteiger partial charge in [0, 0.05) is 23.9 Å². The topological polar surface area (TPSA) is 58.2 Å². The summed E-state index contributed by atoms with van der Waals surface area (Å²) < 4.78 is 0. The summed E-state index contributed by atoms with van der Waals surface area (Å²) in [5.41, 5.74) is 1.00. The van der Waals surface area contributed by atoms with Crippen LogP contribution in [0.1, 0.15) is 17.9 Å². The van der Waals surface area contributed by atoms with Crippen molar-refractivity contribution in [1.82, 2.24) is 10.6 Å². The highest BCUT2D eigenvalue weighted by atomic mass is 35.5. The Balaban J connectivity index is 2.17. The van der Waals surface area contributed by atoms with E-state index in [1.807, 2.05) is 12.1 Å². The van der Waals surface area contributed by atoms with E-state index in [0.717, 1.165) is 5.56 Å². The van der Waals surface area contributed by atoms with Crippen molar-refractivity contribution in [1.29, 1.82) is 0 Å².